The molecule has 15 heavy (non-hydrogen) atoms. The van der Waals surface area contributed by atoms with Gasteiger partial charge in [-0.15, -0.1) is 0 Å². The first-order valence-corrected chi connectivity index (χ1v) is 5.46. The molecule has 1 aliphatic heterocycles. The molecule has 2 N–H and O–H groups in total. The lowest BCUT2D eigenvalue weighted by atomic mass is 9.93. The van der Waals surface area contributed by atoms with Gasteiger partial charge in [-0.25, -0.2) is 4.79 Å². The third-order valence-corrected chi connectivity index (χ3v) is 2.79. The van der Waals surface area contributed by atoms with Crippen LogP contribution in [0.3, 0.4) is 0 Å². The van der Waals surface area contributed by atoms with Crippen LogP contribution in [0.1, 0.15) is 26.7 Å². The van der Waals surface area contributed by atoms with Crippen LogP contribution in [-0.2, 0) is 0 Å². The van der Waals surface area contributed by atoms with Crippen LogP contribution in [0, 0.1) is 5.92 Å². The van der Waals surface area contributed by atoms with Crippen LogP contribution in [0.15, 0.2) is 5.16 Å². The molecule has 1 saturated heterocycles. The van der Waals surface area contributed by atoms with Crippen molar-refractivity contribution in [2.75, 3.05) is 19.6 Å². The second-order valence-corrected chi connectivity index (χ2v) is 3.73. The summed E-state index contributed by atoms with van der Waals surface area (Å²) in [5.41, 5.74) is 0.818. The number of piperidine rings is 1. The number of urea groups is 1. The van der Waals surface area contributed by atoms with E-state index >= 15 is 0 Å². The van der Waals surface area contributed by atoms with Crippen LogP contribution >= 0.6 is 0 Å². The van der Waals surface area contributed by atoms with Crippen LogP contribution in [0.4, 0.5) is 4.79 Å². The van der Waals surface area contributed by atoms with Gasteiger partial charge in [0.2, 0.25) is 0 Å². The van der Waals surface area contributed by atoms with E-state index in [0.717, 1.165) is 12.1 Å². The van der Waals surface area contributed by atoms with Gasteiger partial charge in [-0.2, -0.15) is 0 Å². The van der Waals surface area contributed by atoms with Crippen molar-refractivity contribution in [3.8, 4) is 0 Å². The lowest BCUT2D eigenvalue weighted by Crippen LogP contribution is -2.48. The molecule has 2 amide bonds. The Labute approximate surface area is 90.1 Å². The van der Waals surface area contributed by atoms with Crippen molar-refractivity contribution in [2.24, 2.45) is 11.1 Å². The monoisotopic (exact) mass is 213 g/mol. The van der Waals surface area contributed by atoms with Gasteiger partial charge in [0.25, 0.3) is 0 Å². The van der Waals surface area contributed by atoms with Gasteiger partial charge in [0, 0.05) is 32.0 Å². The molecule has 1 heterocycles. The first kappa shape index (κ1) is 11.8. The largest absolute Gasteiger partial charge is 0.411 e. The molecule has 0 bridgehead atoms. The normalized spacial score (nSPS) is 24.3. The van der Waals surface area contributed by atoms with Crippen molar-refractivity contribution >= 4 is 11.7 Å². The summed E-state index contributed by atoms with van der Waals surface area (Å²) >= 11 is 0. The average Bonchev–Trinajstić information content (AvgIpc) is 2.28. The van der Waals surface area contributed by atoms with Crippen LogP contribution in [-0.4, -0.2) is 41.5 Å². The summed E-state index contributed by atoms with van der Waals surface area (Å²) in [6, 6.07) is -0.0204. The molecule has 1 aliphatic rings. The number of oxime groups is 1. The number of amides is 2. The quantitative estimate of drug-likeness (QED) is 0.536. The van der Waals surface area contributed by atoms with Gasteiger partial charge < -0.3 is 15.4 Å². The highest BCUT2D eigenvalue weighted by atomic mass is 16.4. The highest BCUT2D eigenvalue weighted by molar-refractivity contribution is 5.89. The van der Waals surface area contributed by atoms with Crippen molar-refractivity contribution in [1.29, 1.82) is 0 Å². The highest BCUT2D eigenvalue weighted by Crippen LogP contribution is 2.17. The number of likely N-dealkylation sites (tertiary alicyclic amines) is 1. The maximum atomic E-state index is 11.6. The Kier molecular flexibility index (Phi) is 4.39. The third kappa shape index (κ3) is 2.84. The van der Waals surface area contributed by atoms with Crippen molar-refractivity contribution in [2.45, 2.75) is 26.7 Å². The molecule has 0 aromatic carbocycles. The van der Waals surface area contributed by atoms with E-state index in [4.69, 9.17) is 5.21 Å². The van der Waals surface area contributed by atoms with Crippen molar-refractivity contribution in [3.63, 3.8) is 0 Å². The van der Waals surface area contributed by atoms with Gasteiger partial charge in [-0.3, -0.25) is 0 Å². The first-order chi connectivity index (χ1) is 7.22. The summed E-state index contributed by atoms with van der Waals surface area (Å²) < 4.78 is 0. The molecule has 0 spiro atoms. The zero-order valence-corrected chi connectivity index (χ0v) is 9.36. The number of rotatable bonds is 2. The molecular formula is C10H19N3O2. The Bertz CT molecular complexity index is 253. The van der Waals surface area contributed by atoms with Gasteiger partial charge in [0.15, 0.2) is 0 Å². The molecule has 86 valence electrons. The Morgan fingerprint density at radius 2 is 2.40 bits per heavy atom. The molecule has 1 atom stereocenters. The molecule has 1 unspecified atom stereocenters. The summed E-state index contributed by atoms with van der Waals surface area (Å²) in [6.07, 6.45) is 1.57. The van der Waals surface area contributed by atoms with Gasteiger partial charge in [0.1, 0.15) is 0 Å². The SMILES string of the molecule is CCNC(=O)N1CCC(=NO)C(CC)C1. The van der Waals surface area contributed by atoms with Crippen molar-refractivity contribution in [3.05, 3.63) is 0 Å². The highest BCUT2D eigenvalue weighted by Gasteiger charge is 2.27. The standard InChI is InChI=1S/C10H19N3O2/c1-3-8-7-13(10(14)11-4-2)6-5-9(8)12-15/h8,15H,3-7H2,1-2H3,(H,11,14). The van der Waals surface area contributed by atoms with Crippen LogP contribution in [0.5, 0.6) is 0 Å². The topological polar surface area (TPSA) is 64.9 Å². The second kappa shape index (κ2) is 5.58. The Balaban J connectivity index is 2.56. The van der Waals surface area contributed by atoms with E-state index in [1.807, 2.05) is 13.8 Å². The van der Waals surface area contributed by atoms with Crippen LogP contribution in [0.2, 0.25) is 0 Å². The summed E-state index contributed by atoms with van der Waals surface area (Å²) in [4.78, 5) is 13.4. The first-order valence-electron chi connectivity index (χ1n) is 5.46. The number of nitrogens with zero attached hydrogens (tertiary/aromatic N) is 2. The predicted molar refractivity (Wildman–Crippen MR) is 58.3 cm³/mol. The van der Waals surface area contributed by atoms with E-state index < -0.39 is 0 Å². The maximum Gasteiger partial charge on any atom is 0.317 e. The third-order valence-electron chi connectivity index (χ3n) is 2.79. The van der Waals surface area contributed by atoms with Gasteiger partial charge >= 0.3 is 6.03 Å². The molecule has 1 fully saturated rings. The van der Waals surface area contributed by atoms with Crippen molar-refractivity contribution < 1.29 is 10.0 Å². The summed E-state index contributed by atoms with van der Waals surface area (Å²) in [7, 11) is 0. The van der Waals surface area contributed by atoms with Gasteiger partial charge in [-0.05, 0) is 13.3 Å². The predicted octanol–water partition coefficient (Wildman–Crippen LogP) is 1.28. The number of hydrogen-bond acceptors (Lipinski definition) is 3. The van der Waals surface area contributed by atoms with Gasteiger partial charge in [-0.1, -0.05) is 12.1 Å². The van der Waals surface area contributed by atoms with E-state index in [9.17, 15) is 4.79 Å². The molecule has 0 saturated carbocycles. The minimum atomic E-state index is -0.0204. The Morgan fingerprint density at radius 1 is 1.67 bits per heavy atom. The summed E-state index contributed by atoms with van der Waals surface area (Å²) in [5.74, 6) is 0.200. The molecule has 0 aromatic heterocycles. The minimum Gasteiger partial charge on any atom is -0.411 e. The van der Waals surface area contributed by atoms with E-state index in [1.165, 1.54) is 0 Å². The average molecular weight is 213 g/mol. The molecule has 0 radical (unpaired) electrons. The Morgan fingerprint density at radius 3 is 2.93 bits per heavy atom. The second-order valence-electron chi connectivity index (χ2n) is 3.73. The molecule has 0 aliphatic carbocycles. The fraction of sp³-hybridized carbons (Fsp3) is 0.800. The smallest absolute Gasteiger partial charge is 0.317 e. The molecule has 1 rings (SSSR count). The molecule has 0 aromatic rings. The van der Waals surface area contributed by atoms with Gasteiger partial charge in [0.05, 0.1) is 5.71 Å². The van der Waals surface area contributed by atoms with Crippen LogP contribution in [0.25, 0.3) is 0 Å². The zero-order valence-electron chi connectivity index (χ0n) is 9.36. The van der Waals surface area contributed by atoms with E-state index in [2.05, 4.69) is 10.5 Å². The fourth-order valence-electron chi connectivity index (χ4n) is 1.86. The van der Waals surface area contributed by atoms with E-state index in [-0.39, 0.29) is 11.9 Å². The lowest BCUT2D eigenvalue weighted by molar-refractivity contribution is 0.187. The maximum absolute atomic E-state index is 11.6. The fourth-order valence-corrected chi connectivity index (χ4v) is 1.86. The lowest BCUT2D eigenvalue weighted by Gasteiger charge is -2.32. The zero-order chi connectivity index (χ0) is 11.3. The number of hydrogen-bond donors (Lipinski definition) is 2. The van der Waals surface area contributed by atoms with Crippen LogP contribution < -0.4 is 5.32 Å². The Hall–Kier alpha value is -1.26. The minimum absolute atomic E-state index is 0.0204. The molecule has 5 heteroatoms. The number of carbonyl (C=O) groups is 1. The van der Waals surface area contributed by atoms with E-state index in [0.29, 0.717) is 26.1 Å². The summed E-state index contributed by atoms with van der Waals surface area (Å²) in [5, 5.41) is 14.9. The molecule has 5 nitrogen and oxygen atoms in total. The van der Waals surface area contributed by atoms with Crippen molar-refractivity contribution in [1.82, 2.24) is 10.2 Å². The number of nitrogens with one attached hydrogen (secondary N) is 1. The van der Waals surface area contributed by atoms with E-state index in [1.54, 1.807) is 4.90 Å². The number of carbonyl (C=O) groups excluding carboxylic acids is 1. The molecular weight excluding hydrogens is 194 g/mol. The summed E-state index contributed by atoms with van der Waals surface area (Å²) in [6.45, 7) is 5.88.